The number of fused-ring (bicyclic) bond motifs is 3. The lowest BCUT2D eigenvalue weighted by molar-refractivity contribution is -0.140. The van der Waals surface area contributed by atoms with Crippen LogP contribution in [0.4, 0.5) is 4.79 Å². The molecule has 0 unspecified atom stereocenters. The number of amides is 2. The van der Waals surface area contributed by atoms with E-state index in [-0.39, 0.29) is 31.4 Å². The minimum atomic E-state index is -1.20. The summed E-state index contributed by atoms with van der Waals surface area (Å²) in [6.07, 6.45) is 2.37. The molecule has 10 nitrogen and oxygen atoms in total. The van der Waals surface area contributed by atoms with Crippen LogP contribution in [0.2, 0.25) is 0 Å². The van der Waals surface area contributed by atoms with E-state index in [1.165, 1.54) is 19.6 Å². The molecule has 1 aliphatic carbocycles. The zero-order chi connectivity index (χ0) is 24.8. The van der Waals surface area contributed by atoms with Crippen molar-refractivity contribution in [3.05, 3.63) is 77.9 Å². The number of carbonyl (C=O) groups is 3. The Bertz CT molecular complexity index is 1180. The van der Waals surface area contributed by atoms with Crippen LogP contribution in [0, 0.1) is 0 Å². The molecule has 1 aromatic heterocycles. The molecule has 3 N–H and O–H groups in total. The summed E-state index contributed by atoms with van der Waals surface area (Å²) in [5.74, 6) is -1.85. The van der Waals surface area contributed by atoms with Gasteiger partial charge in [-0.3, -0.25) is 4.79 Å². The fraction of sp³-hybridized carbons (Fsp3) is 0.280. The first kappa shape index (κ1) is 24.0. The number of rotatable bonds is 10. The standard InChI is InChI=1S/C25H26N4O6/c1-34-14-22(24(31)32)28-23(30)21-12-29(15-27-21)11-10-26-25(33)35-13-20-18-8-4-2-6-16(18)17-7-3-5-9-19(17)20/h2-9,12,15,20,22H,10-11,13-14H2,1H3,(H,26,33)(H,28,30)(H,31,32)/t22-/m0/s1. The molecule has 1 aliphatic rings. The van der Waals surface area contributed by atoms with E-state index in [0.717, 1.165) is 22.3 Å². The quantitative estimate of drug-likeness (QED) is 0.407. The van der Waals surface area contributed by atoms with Gasteiger partial charge in [0.1, 0.15) is 12.3 Å². The second-order valence-electron chi connectivity index (χ2n) is 8.07. The molecule has 2 amide bonds. The highest BCUT2D eigenvalue weighted by molar-refractivity contribution is 5.94. The molecular weight excluding hydrogens is 452 g/mol. The Labute approximate surface area is 201 Å². The van der Waals surface area contributed by atoms with Crippen molar-refractivity contribution >= 4 is 18.0 Å². The van der Waals surface area contributed by atoms with Crippen LogP contribution in [0.3, 0.4) is 0 Å². The highest BCUT2D eigenvalue weighted by Gasteiger charge is 2.29. The van der Waals surface area contributed by atoms with Gasteiger partial charge in [-0.25, -0.2) is 14.6 Å². The largest absolute Gasteiger partial charge is 0.480 e. The third-order valence-corrected chi connectivity index (χ3v) is 5.79. The predicted molar refractivity (Wildman–Crippen MR) is 126 cm³/mol. The van der Waals surface area contributed by atoms with Crippen molar-refractivity contribution in [2.75, 3.05) is 26.9 Å². The molecule has 3 aromatic rings. The lowest BCUT2D eigenvalue weighted by atomic mass is 9.98. The van der Waals surface area contributed by atoms with Crippen LogP contribution in [-0.2, 0) is 20.8 Å². The Morgan fingerprint density at radius 2 is 1.74 bits per heavy atom. The highest BCUT2D eigenvalue weighted by Crippen LogP contribution is 2.44. The number of nitrogens with one attached hydrogen (secondary N) is 2. The second-order valence-corrected chi connectivity index (χ2v) is 8.07. The molecular formula is C25H26N4O6. The van der Waals surface area contributed by atoms with Gasteiger partial charge in [-0.1, -0.05) is 48.5 Å². The Morgan fingerprint density at radius 1 is 1.09 bits per heavy atom. The van der Waals surface area contributed by atoms with Gasteiger partial charge >= 0.3 is 12.1 Å². The van der Waals surface area contributed by atoms with Crippen molar-refractivity contribution < 1.29 is 29.0 Å². The number of aliphatic carboxylic acids is 1. The van der Waals surface area contributed by atoms with Gasteiger partial charge in [0.15, 0.2) is 6.04 Å². The maximum Gasteiger partial charge on any atom is 0.407 e. The number of hydrogen-bond acceptors (Lipinski definition) is 6. The highest BCUT2D eigenvalue weighted by atomic mass is 16.5. The van der Waals surface area contributed by atoms with Crippen molar-refractivity contribution in [3.8, 4) is 11.1 Å². The zero-order valence-corrected chi connectivity index (χ0v) is 19.1. The average molecular weight is 479 g/mol. The molecule has 1 atom stereocenters. The normalized spacial score (nSPS) is 12.9. The number of alkyl carbamates (subject to hydrolysis) is 1. The van der Waals surface area contributed by atoms with Gasteiger partial charge < -0.3 is 29.8 Å². The van der Waals surface area contributed by atoms with Crippen LogP contribution in [0.15, 0.2) is 61.1 Å². The molecule has 35 heavy (non-hydrogen) atoms. The topological polar surface area (TPSA) is 132 Å². The summed E-state index contributed by atoms with van der Waals surface area (Å²) < 4.78 is 11.9. The number of carboxylic acids is 1. The molecule has 182 valence electrons. The number of aromatic nitrogens is 2. The van der Waals surface area contributed by atoms with Crippen molar-refractivity contribution in [1.29, 1.82) is 0 Å². The van der Waals surface area contributed by atoms with Gasteiger partial charge in [0.05, 0.1) is 12.9 Å². The minimum Gasteiger partial charge on any atom is -0.480 e. The van der Waals surface area contributed by atoms with Crippen molar-refractivity contribution in [2.24, 2.45) is 0 Å². The van der Waals surface area contributed by atoms with Crippen molar-refractivity contribution in [2.45, 2.75) is 18.5 Å². The van der Waals surface area contributed by atoms with E-state index in [0.29, 0.717) is 6.54 Å². The Hall–Kier alpha value is -4.18. The number of hydrogen-bond donors (Lipinski definition) is 3. The van der Waals surface area contributed by atoms with Crippen LogP contribution < -0.4 is 10.6 Å². The van der Waals surface area contributed by atoms with E-state index >= 15 is 0 Å². The predicted octanol–water partition coefficient (Wildman–Crippen LogP) is 2.25. The lowest BCUT2D eigenvalue weighted by Gasteiger charge is -2.14. The minimum absolute atomic E-state index is 0.0180. The molecule has 0 bridgehead atoms. The summed E-state index contributed by atoms with van der Waals surface area (Å²) in [5.41, 5.74) is 4.67. The van der Waals surface area contributed by atoms with E-state index < -0.39 is 24.0 Å². The molecule has 1 heterocycles. The van der Waals surface area contributed by atoms with Gasteiger partial charge in [-0.05, 0) is 22.3 Å². The maximum absolute atomic E-state index is 12.3. The van der Waals surface area contributed by atoms with E-state index in [4.69, 9.17) is 14.6 Å². The first-order chi connectivity index (χ1) is 17.0. The summed E-state index contributed by atoms with van der Waals surface area (Å²) in [6.45, 7) is 0.674. The first-order valence-corrected chi connectivity index (χ1v) is 11.1. The fourth-order valence-electron chi connectivity index (χ4n) is 4.11. The van der Waals surface area contributed by atoms with Gasteiger partial charge in [0.2, 0.25) is 0 Å². The number of carboxylic acid groups (broad SMARTS) is 1. The van der Waals surface area contributed by atoms with Gasteiger partial charge in [-0.2, -0.15) is 0 Å². The van der Waals surface area contributed by atoms with Gasteiger partial charge in [-0.15, -0.1) is 0 Å². The fourth-order valence-corrected chi connectivity index (χ4v) is 4.11. The monoisotopic (exact) mass is 478 g/mol. The summed E-state index contributed by atoms with van der Waals surface area (Å²) in [5, 5.41) is 14.2. The molecule has 10 heteroatoms. The summed E-state index contributed by atoms with van der Waals surface area (Å²) >= 11 is 0. The number of methoxy groups -OCH3 is 1. The average Bonchev–Trinajstić information content (AvgIpc) is 3.45. The lowest BCUT2D eigenvalue weighted by Crippen LogP contribution is -2.43. The summed E-state index contributed by atoms with van der Waals surface area (Å²) in [4.78, 5) is 39.6. The molecule has 0 fully saturated rings. The third-order valence-electron chi connectivity index (χ3n) is 5.79. The van der Waals surface area contributed by atoms with E-state index in [2.05, 4.69) is 39.9 Å². The number of ether oxygens (including phenoxy) is 2. The zero-order valence-electron chi connectivity index (χ0n) is 19.1. The summed E-state index contributed by atoms with van der Waals surface area (Å²) in [7, 11) is 1.35. The molecule has 0 saturated heterocycles. The van der Waals surface area contributed by atoms with Gasteiger partial charge in [0, 0.05) is 32.3 Å². The number of benzene rings is 2. The van der Waals surface area contributed by atoms with Crippen LogP contribution >= 0.6 is 0 Å². The van der Waals surface area contributed by atoms with Crippen molar-refractivity contribution in [3.63, 3.8) is 0 Å². The van der Waals surface area contributed by atoms with Crippen LogP contribution in [0.5, 0.6) is 0 Å². The summed E-state index contributed by atoms with van der Waals surface area (Å²) in [6, 6.07) is 15.1. The van der Waals surface area contributed by atoms with Crippen LogP contribution in [0.25, 0.3) is 11.1 Å². The smallest absolute Gasteiger partial charge is 0.407 e. The Kier molecular flexibility index (Phi) is 7.41. The Balaban J connectivity index is 1.25. The molecule has 2 aromatic carbocycles. The molecule has 0 radical (unpaired) electrons. The van der Waals surface area contributed by atoms with E-state index in [9.17, 15) is 14.4 Å². The number of imidazole rings is 1. The molecule has 0 saturated carbocycles. The van der Waals surface area contributed by atoms with Crippen LogP contribution in [0.1, 0.15) is 27.5 Å². The molecule has 4 rings (SSSR count). The SMILES string of the molecule is COC[C@H](NC(=O)c1cn(CCNC(=O)OCC2c3ccccc3-c3ccccc32)cn1)C(=O)O. The second kappa shape index (κ2) is 10.8. The van der Waals surface area contributed by atoms with Crippen molar-refractivity contribution in [1.82, 2.24) is 20.2 Å². The molecule has 0 spiro atoms. The van der Waals surface area contributed by atoms with Gasteiger partial charge in [0.25, 0.3) is 5.91 Å². The first-order valence-electron chi connectivity index (χ1n) is 11.1. The van der Waals surface area contributed by atoms with Crippen LogP contribution in [-0.4, -0.2) is 65.5 Å². The third kappa shape index (κ3) is 5.49. The Morgan fingerprint density at radius 3 is 2.37 bits per heavy atom. The number of carbonyl (C=O) groups excluding carboxylic acids is 2. The number of nitrogens with zero attached hydrogens (tertiary/aromatic N) is 2. The van der Waals surface area contributed by atoms with E-state index in [1.54, 1.807) is 4.57 Å². The maximum atomic E-state index is 12.3. The molecule has 0 aliphatic heterocycles. The van der Waals surface area contributed by atoms with E-state index in [1.807, 2.05) is 24.3 Å².